The molecule has 1 N–H and O–H groups in total. The van der Waals surface area contributed by atoms with Gasteiger partial charge in [0.05, 0.1) is 30.5 Å². The molecule has 0 spiro atoms. The molecule has 0 aliphatic carbocycles. The molecule has 2 rings (SSSR count). The highest BCUT2D eigenvalue weighted by atomic mass is 16.3. The molecule has 0 unspecified atom stereocenters. The third-order valence-electron chi connectivity index (χ3n) is 3.26. The highest BCUT2D eigenvalue weighted by molar-refractivity contribution is 5.58. The fraction of sp³-hybridized carbons (Fsp3) is 0.312. The van der Waals surface area contributed by atoms with Crippen LogP contribution in [0.1, 0.15) is 36.8 Å². The first-order chi connectivity index (χ1) is 9.65. The van der Waals surface area contributed by atoms with Crippen molar-refractivity contribution in [2.75, 3.05) is 11.4 Å². The quantitative estimate of drug-likeness (QED) is 0.906. The Morgan fingerprint density at radius 3 is 2.75 bits per heavy atom. The van der Waals surface area contributed by atoms with Crippen LogP contribution >= 0.6 is 0 Å². The fourth-order valence-corrected chi connectivity index (χ4v) is 2.20. The van der Waals surface area contributed by atoms with Gasteiger partial charge >= 0.3 is 0 Å². The number of rotatable bonds is 5. The maximum atomic E-state index is 9.91. The van der Waals surface area contributed by atoms with Crippen LogP contribution in [0.4, 0.5) is 5.69 Å². The second kappa shape index (κ2) is 6.27. The number of furan rings is 1. The van der Waals surface area contributed by atoms with Gasteiger partial charge in [-0.05, 0) is 38.1 Å². The van der Waals surface area contributed by atoms with Gasteiger partial charge in [-0.2, -0.15) is 5.26 Å². The lowest BCUT2D eigenvalue weighted by molar-refractivity contribution is 0.199. The molecule has 0 fully saturated rings. The molecule has 1 atom stereocenters. The SMILES string of the molecule is CCN(Cc1ccco1)c1cc(C#N)ccc1[C@H](C)O. The van der Waals surface area contributed by atoms with Gasteiger partial charge in [0, 0.05) is 17.8 Å². The Morgan fingerprint density at radius 1 is 1.40 bits per heavy atom. The monoisotopic (exact) mass is 270 g/mol. The standard InChI is InChI=1S/C16H18N2O2/c1-3-18(11-14-5-4-8-20-14)16-9-13(10-17)6-7-15(16)12(2)19/h4-9,12,19H,3,11H2,1-2H3/t12-/m0/s1. The van der Waals surface area contributed by atoms with Crippen molar-refractivity contribution in [2.24, 2.45) is 0 Å². The summed E-state index contributed by atoms with van der Waals surface area (Å²) in [5.41, 5.74) is 2.28. The van der Waals surface area contributed by atoms with Crippen LogP contribution in [0.5, 0.6) is 0 Å². The van der Waals surface area contributed by atoms with Gasteiger partial charge in [0.2, 0.25) is 0 Å². The number of nitrogens with zero attached hydrogens (tertiary/aromatic N) is 2. The first-order valence-electron chi connectivity index (χ1n) is 6.65. The second-order valence-corrected chi connectivity index (χ2v) is 4.65. The molecule has 1 aromatic carbocycles. The molecule has 1 aromatic heterocycles. The number of hydrogen-bond donors (Lipinski definition) is 1. The Kier molecular flexibility index (Phi) is 4.44. The minimum absolute atomic E-state index is 0.580. The van der Waals surface area contributed by atoms with E-state index in [1.165, 1.54) is 0 Å². The molecule has 0 bridgehead atoms. The van der Waals surface area contributed by atoms with Gasteiger partial charge in [0.15, 0.2) is 0 Å². The first-order valence-corrected chi connectivity index (χ1v) is 6.65. The Bertz CT molecular complexity index is 597. The Balaban J connectivity index is 2.39. The highest BCUT2D eigenvalue weighted by Gasteiger charge is 2.15. The molecule has 1 heterocycles. The van der Waals surface area contributed by atoms with Crippen molar-refractivity contribution in [3.05, 3.63) is 53.5 Å². The van der Waals surface area contributed by atoms with Crippen molar-refractivity contribution in [1.29, 1.82) is 5.26 Å². The summed E-state index contributed by atoms with van der Waals surface area (Å²) in [5, 5.41) is 19.0. The summed E-state index contributed by atoms with van der Waals surface area (Å²) in [7, 11) is 0. The number of aliphatic hydroxyl groups is 1. The first kappa shape index (κ1) is 14.2. The van der Waals surface area contributed by atoms with E-state index in [0.29, 0.717) is 12.1 Å². The lowest BCUT2D eigenvalue weighted by Crippen LogP contribution is -2.23. The third kappa shape index (κ3) is 3.01. The molecule has 4 nitrogen and oxygen atoms in total. The minimum Gasteiger partial charge on any atom is -0.467 e. The summed E-state index contributed by atoms with van der Waals surface area (Å²) >= 11 is 0. The van der Waals surface area contributed by atoms with E-state index in [2.05, 4.69) is 11.0 Å². The molecule has 104 valence electrons. The summed E-state index contributed by atoms with van der Waals surface area (Å²) in [5.74, 6) is 0.853. The molecular weight excluding hydrogens is 252 g/mol. The molecule has 20 heavy (non-hydrogen) atoms. The van der Waals surface area contributed by atoms with E-state index < -0.39 is 6.10 Å². The van der Waals surface area contributed by atoms with E-state index in [0.717, 1.165) is 23.6 Å². The smallest absolute Gasteiger partial charge is 0.123 e. The van der Waals surface area contributed by atoms with Gasteiger partial charge in [-0.3, -0.25) is 0 Å². The Labute approximate surface area is 118 Å². The molecular formula is C16H18N2O2. The van der Waals surface area contributed by atoms with Crippen LogP contribution in [-0.4, -0.2) is 11.7 Å². The average molecular weight is 270 g/mol. The van der Waals surface area contributed by atoms with Gasteiger partial charge in [-0.25, -0.2) is 0 Å². The second-order valence-electron chi connectivity index (χ2n) is 4.65. The van der Waals surface area contributed by atoms with Crippen LogP contribution in [0.15, 0.2) is 41.0 Å². The lowest BCUT2D eigenvalue weighted by atomic mass is 10.0. The third-order valence-corrected chi connectivity index (χ3v) is 3.26. The molecule has 0 aliphatic rings. The predicted octanol–water partition coefficient (Wildman–Crippen LogP) is 3.23. The maximum absolute atomic E-state index is 9.91. The summed E-state index contributed by atoms with van der Waals surface area (Å²) in [4.78, 5) is 2.09. The topological polar surface area (TPSA) is 60.4 Å². The summed E-state index contributed by atoms with van der Waals surface area (Å²) in [6.07, 6.45) is 1.06. The summed E-state index contributed by atoms with van der Waals surface area (Å²) in [6.45, 7) is 5.13. The summed E-state index contributed by atoms with van der Waals surface area (Å²) in [6, 6.07) is 11.3. The number of aliphatic hydroxyl groups excluding tert-OH is 1. The largest absolute Gasteiger partial charge is 0.467 e. The van der Waals surface area contributed by atoms with Crippen molar-refractivity contribution >= 4 is 5.69 Å². The number of nitriles is 1. The van der Waals surface area contributed by atoms with Crippen molar-refractivity contribution in [1.82, 2.24) is 0 Å². The van der Waals surface area contributed by atoms with E-state index in [1.807, 2.05) is 31.2 Å². The van der Waals surface area contributed by atoms with E-state index in [-0.39, 0.29) is 0 Å². The zero-order chi connectivity index (χ0) is 14.5. The van der Waals surface area contributed by atoms with Gasteiger partial charge < -0.3 is 14.4 Å². The fourth-order valence-electron chi connectivity index (χ4n) is 2.20. The zero-order valence-corrected chi connectivity index (χ0v) is 11.7. The number of anilines is 1. The van der Waals surface area contributed by atoms with Crippen molar-refractivity contribution in [3.63, 3.8) is 0 Å². The normalized spacial score (nSPS) is 11.9. The van der Waals surface area contributed by atoms with Crippen LogP contribution in [-0.2, 0) is 6.54 Å². The molecule has 0 saturated heterocycles. The molecule has 2 aromatic rings. The van der Waals surface area contributed by atoms with Crippen LogP contribution in [0.3, 0.4) is 0 Å². The van der Waals surface area contributed by atoms with Gasteiger partial charge in [-0.1, -0.05) is 6.07 Å². The van der Waals surface area contributed by atoms with E-state index in [4.69, 9.17) is 9.68 Å². The van der Waals surface area contributed by atoms with Crippen molar-refractivity contribution in [2.45, 2.75) is 26.5 Å². The maximum Gasteiger partial charge on any atom is 0.123 e. The predicted molar refractivity (Wildman–Crippen MR) is 77.2 cm³/mol. The number of hydrogen-bond acceptors (Lipinski definition) is 4. The van der Waals surface area contributed by atoms with Gasteiger partial charge in [0.1, 0.15) is 5.76 Å². The van der Waals surface area contributed by atoms with Crippen LogP contribution in [0.2, 0.25) is 0 Å². The molecule has 0 saturated carbocycles. The Morgan fingerprint density at radius 2 is 2.20 bits per heavy atom. The van der Waals surface area contributed by atoms with E-state index in [9.17, 15) is 5.11 Å². The number of benzene rings is 1. The minimum atomic E-state index is -0.580. The zero-order valence-electron chi connectivity index (χ0n) is 11.7. The molecule has 0 amide bonds. The van der Waals surface area contributed by atoms with Crippen molar-refractivity contribution in [3.8, 4) is 6.07 Å². The van der Waals surface area contributed by atoms with Gasteiger partial charge in [0.25, 0.3) is 0 Å². The molecule has 4 heteroatoms. The average Bonchev–Trinajstić information content (AvgIpc) is 2.97. The van der Waals surface area contributed by atoms with Crippen molar-refractivity contribution < 1.29 is 9.52 Å². The van der Waals surface area contributed by atoms with Crippen LogP contribution < -0.4 is 4.90 Å². The lowest BCUT2D eigenvalue weighted by Gasteiger charge is -2.26. The van der Waals surface area contributed by atoms with E-state index >= 15 is 0 Å². The molecule has 0 aliphatic heterocycles. The van der Waals surface area contributed by atoms with Crippen LogP contribution in [0.25, 0.3) is 0 Å². The van der Waals surface area contributed by atoms with Gasteiger partial charge in [-0.15, -0.1) is 0 Å². The Hall–Kier alpha value is -2.25. The molecule has 0 radical (unpaired) electrons. The van der Waals surface area contributed by atoms with Crippen LogP contribution in [0, 0.1) is 11.3 Å². The van der Waals surface area contributed by atoms with E-state index in [1.54, 1.807) is 19.3 Å². The summed E-state index contributed by atoms with van der Waals surface area (Å²) < 4.78 is 5.38. The highest BCUT2D eigenvalue weighted by Crippen LogP contribution is 2.28.